The van der Waals surface area contributed by atoms with E-state index in [-0.39, 0.29) is 5.69 Å². The van der Waals surface area contributed by atoms with Crippen LogP contribution in [0.5, 0.6) is 0 Å². The van der Waals surface area contributed by atoms with Crippen molar-refractivity contribution in [2.24, 2.45) is 7.05 Å². The van der Waals surface area contributed by atoms with E-state index in [4.69, 9.17) is 4.42 Å². The predicted octanol–water partition coefficient (Wildman–Crippen LogP) is 1.34. The zero-order valence-corrected chi connectivity index (χ0v) is 9.30. The van der Waals surface area contributed by atoms with Crippen LogP contribution in [0.25, 0.3) is 11.4 Å². The topological polar surface area (TPSA) is 53.0 Å². The van der Waals surface area contributed by atoms with Gasteiger partial charge < -0.3 is 4.42 Å². The lowest BCUT2D eigenvalue weighted by Gasteiger charge is -1.98. The van der Waals surface area contributed by atoms with Crippen LogP contribution in [-0.2, 0) is 13.6 Å². The number of aromatic nitrogens is 3. The lowest BCUT2D eigenvalue weighted by Crippen LogP contribution is -2.22. The first kappa shape index (κ1) is 10.5. The molecule has 2 heterocycles. The van der Waals surface area contributed by atoms with E-state index in [0.29, 0.717) is 12.4 Å². The molecule has 0 spiro atoms. The van der Waals surface area contributed by atoms with E-state index >= 15 is 0 Å². The van der Waals surface area contributed by atoms with E-state index in [1.54, 1.807) is 24.0 Å². The van der Waals surface area contributed by atoms with Gasteiger partial charge in [0.25, 0.3) is 0 Å². The van der Waals surface area contributed by atoms with Gasteiger partial charge in [0.05, 0.1) is 5.56 Å². The molecule has 0 aliphatic heterocycles. The van der Waals surface area contributed by atoms with Crippen LogP contribution in [-0.4, -0.2) is 14.3 Å². The van der Waals surface area contributed by atoms with Gasteiger partial charge in [0.2, 0.25) is 0 Å². The molecule has 84 valence electrons. The second kappa shape index (κ2) is 3.84. The van der Waals surface area contributed by atoms with Gasteiger partial charge in [-0.05, 0) is 13.0 Å². The van der Waals surface area contributed by atoms with Crippen LogP contribution in [0, 0.1) is 6.92 Å². The smallest absolute Gasteiger partial charge is 0.346 e. The van der Waals surface area contributed by atoms with Crippen molar-refractivity contribution in [1.82, 2.24) is 14.3 Å². The van der Waals surface area contributed by atoms with Gasteiger partial charge in [-0.15, -0.1) is 11.7 Å². The second-order valence-corrected chi connectivity index (χ2v) is 3.58. The maximum absolute atomic E-state index is 11.7. The Morgan fingerprint density at radius 2 is 2.38 bits per heavy atom. The first-order chi connectivity index (χ1) is 7.63. The Balaban J connectivity index is 2.60. The van der Waals surface area contributed by atoms with Crippen molar-refractivity contribution >= 4 is 0 Å². The number of hydrogen-bond acceptors (Lipinski definition) is 3. The Hall–Kier alpha value is -2.04. The van der Waals surface area contributed by atoms with E-state index < -0.39 is 0 Å². The molecule has 0 aromatic carbocycles. The molecular weight excluding hydrogens is 206 g/mol. The van der Waals surface area contributed by atoms with Crippen molar-refractivity contribution in [1.29, 1.82) is 0 Å². The van der Waals surface area contributed by atoms with Gasteiger partial charge >= 0.3 is 5.69 Å². The molecule has 2 aromatic heterocycles. The molecule has 2 rings (SSSR count). The van der Waals surface area contributed by atoms with E-state index in [9.17, 15) is 4.79 Å². The van der Waals surface area contributed by atoms with Crippen LogP contribution in [0.4, 0.5) is 0 Å². The first-order valence-electron chi connectivity index (χ1n) is 4.93. The monoisotopic (exact) mass is 219 g/mol. The normalized spacial score (nSPS) is 10.6. The molecule has 0 atom stereocenters. The highest BCUT2D eigenvalue weighted by Crippen LogP contribution is 2.18. The molecular formula is C11H13N3O2. The molecule has 0 unspecified atom stereocenters. The molecule has 0 radical (unpaired) electrons. The van der Waals surface area contributed by atoms with Crippen LogP contribution in [0.1, 0.15) is 5.76 Å². The van der Waals surface area contributed by atoms with E-state index in [1.165, 1.54) is 4.68 Å². The van der Waals surface area contributed by atoms with Gasteiger partial charge in [0.15, 0.2) is 5.82 Å². The quantitative estimate of drug-likeness (QED) is 0.732. The molecule has 16 heavy (non-hydrogen) atoms. The van der Waals surface area contributed by atoms with Crippen LogP contribution < -0.4 is 5.69 Å². The van der Waals surface area contributed by atoms with Crippen LogP contribution in [0.15, 0.2) is 34.2 Å². The van der Waals surface area contributed by atoms with Gasteiger partial charge in [-0.25, -0.2) is 9.48 Å². The first-order valence-corrected chi connectivity index (χ1v) is 4.93. The number of furan rings is 1. The van der Waals surface area contributed by atoms with Crippen molar-refractivity contribution in [2.75, 3.05) is 0 Å². The summed E-state index contributed by atoms with van der Waals surface area (Å²) in [6, 6.07) is 1.85. The molecule has 0 aliphatic carbocycles. The third-order valence-electron chi connectivity index (χ3n) is 2.31. The molecule has 0 N–H and O–H groups in total. The van der Waals surface area contributed by atoms with Crippen molar-refractivity contribution < 1.29 is 4.42 Å². The minimum absolute atomic E-state index is 0.159. The van der Waals surface area contributed by atoms with Crippen molar-refractivity contribution in [2.45, 2.75) is 13.5 Å². The maximum atomic E-state index is 11.7. The zero-order valence-electron chi connectivity index (χ0n) is 9.30. The molecule has 0 bridgehead atoms. The molecule has 0 fully saturated rings. The summed E-state index contributed by atoms with van der Waals surface area (Å²) in [5.74, 6) is 1.39. The molecule has 5 nitrogen and oxygen atoms in total. The van der Waals surface area contributed by atoms with Crippen LogP contribution >= 0.6 is 0 Å². The van der Waals surface area contributed by atoms with Gasteiger partial charge in [-0.3, -0.25) is 4.57 Å². The summed E-state index contributed by atoms with van der Waals surface area (Å²) in [7, 11) is 1.62. The fourth-order valence-electron chi connectivity index (χ4n) is 1.57. The number of rotatable bonds is 3. The van der Waals surface area contributed by atoms with Crippen molar-refractivity contribution in [3.8, 4) is 11.4 Å². The Morgan fingerprint density at radius 1 is 1.62 bits per heavy atom. The minimum atomic E-state index is -0.159. The highest BCUT2D eigenvalue weighted by atomic mass is 16.3. The summed E-state index contributed by atoms with van der Waals surface area (Å²) in [6.45, 7) is 5.91. The lowest BCUT2D eigenvalue weighted by atomic mass is 10.3. The number of hydrogen-bond donors (Lipinski definition) is 0. The number of allylic oxidation sites excluding steroid dienone is 1. The fraction of sp³-hybridized carbons (Fsp3) is 0.273. The Bertz CT molecular complexity index is 574. The highest BCUT2D eigenvalue weighted by Gasteiger charge is 2.13. The molecule has 0 saturated heterocycles. The lowest BCUT2D eigenvalue weighted by molar-refractivity contribution is 0.534. The molecule has 2 aromatic rings. The van der Waals surface area contributed by atoms with E-state index in [1.807, 2.05) is 13.0 Å². The van der Waals surface area contributed by atoms with E-state index in [2.05, 4.69) is 11.7 Å². The Labute approximate surface area is 92.6 Å². The fourth-order valence-corrected chi connectivity index (χ4v) is 1.57. The second-order valence-electron chi connectivity index (χ2n) is 3.58. The van der Waals surface area contributed by atoms with E-state index in [0.717, 1.165) is 11.3 Å². The summed E-state index contributed by atoms with van der Waals surface area (Å²) in [6.07, 6.45) is 3.26. The average molecular weight is 219 g/mol. The largest absolute Gasteiger partial charge is 0.469 e. The Kier molecular flexibility index (Phi) is 2.52. The van der Waals surface area contributed by atoms with Gasteiger partial charge in [-0.2, -0.15) is 0 Å². The highest BCUT2D eigenvalue weighted by molar-refractivity contribution is 5.53. The standard InChI is InChI=1S/C11H13N3O2/c1-4-5-14-10(12-13(3)11(14)15)9-6-8(2)16-7-9/h4,6-7H,1,5H2,2-3H3. The molecule has 0 saturated carbocycles. The third-order valence-corrected chi connectivity index (χ3v) is 2.31. The summed E-state index contributed by atoms with van der Waals surface area (Å²) in [5, 5.41) is 4.17. The van der Waals surface area contributed by atoms with Crippen molar-refractivity contribution in [3.05, 3.63) is 41.2 Å². The molecule has 0 aliphatic rings. The van der Waals surface area contributed by atoms with Crippen LogP contribution in [0.2, 0.25) is 0 Å². The summed E-state index contributed by atoms with van der Waals surface area (Å²) >= 11 is 0. The SMILES string of the molecule is C=CCn1c(-c2coc(C)c2)nn(C)c1=O. The zero-order chi connectivity index (χ0) is 11.7. The van der Waals surface area contributed by atoms with Gasteiger partial charge in [0, 0.05) is 13.6 Å². The number of nitrogens with zero attached hydrogens (tertiary/aromatic N) is 3. The molecule has 0 amide bonds. The predicted molar refractivity (Wildman–Crippen MR) is 60.1 cm³/mol. The van der Waals surface area contributed by atoms with Crippen molar-refractivity contribution in [3.63, 3.8) is 0 Å². The van der Waals surface area contributed by atoms with Crippen LogP contribution in [0.3, 0.4) is 0 Å². The van der Waals surface area contributed by atoms with Gasteiger partial charge in [0.1, 0.15) is 12.0 Å². The van der Waals surface area contributed by atoms with Gasteiger partial charge in [-0.1, -0.05) is 6.08 Å². The maximum Gasteiger partial charge on any atom is 0.346 e. The molecule has 5 heteroatoms. The average Bonchev–Trinajstić information content (AvgIpc) is 2.78. The summed E-state index contributed by atoms with van der Waals surface area (Å²) in [5.41, 5.74) is 0.644. The Morgan fingerprint density at radius 3 is 2.94 bits per heavy atom. The summed E-state index contributed by atoms with van der Waals surface area (Å²) in [4.78, 5) is 11.7. The minimum Gasteiger partial charge on any atom is -0.469 e. The number of aryl methyl sites for hydroxylation is 2. The summed E-state index contributed by atoms with van der Waals surface area (Å²) < 4.78 is 8.07. The third kappa shape index (κ3) is 1.60.